The molecular formula is C9H14N2O2. The van der Waals surface area contributed by atoms with Gasteiger partial charge in [0.05, 0.1) is 6.10 Å². The van der Waals surface area contributed by atoms with Crippen LogP contribution in [0.2, 0.25) is 0 Å². The molecule has 0 aromatic heterocycles. The van der Waals surface area contributed by atoms with E-state index in [1.165, 1.54) is 6.08 Å². The Balaban J connectivity index is 2.51. The zero-order valence-electron chi connectivity index (χ0n) is 7.45. The number of amides is 1. The summed E-state index contributed by atoms with van der Waals surface area (Å²) in [4.78, 5) is 10.8. The maximum atomic E-state index is 10.8. The standard InChI is InChI=1S/C9H14N2O2/c10-6-5-8(9(11)12)13-7-3-1-2-4-7/h5-7,10H,1-4H2,(H2,11,12)/b8-5+,10-6?. The summed E-state index contributed by atoms with van der Waals surface area (Å²) in [7, 11) is 0. The van der Waals surface area contributed by atoms with Crippen molar-refractivity contribution >= 4 is 12.1 Å². The predicted molar refractivity (Wildman–Crippen MR) is 49.4 cm³/mol. The highest BCUT2D eigenvalue weighted by atomic mass is 16.5. The lowest BCUT2D eigenvalue weighted by Crippen LogP contribution is -2.20. The van der Waals surface area contributed by atoms with Crippen molar-refractivity contribution in [2.24, 2.45) is 5.73 Å². The Kier molecular flexibility index (Phi) is 3.49. The van der Waals surface area contributed by atoms with Gasteiger partial charge in [-0.3, -0.25) is 4.79 Å². The SMILES string of the molecule is N=C/C=C(/OC1CCCC1)C(N)=O. The number of allylic oxidation sites excluding steroid dienone is 1. The highest BCUT2D eigenvalue weighted by molar-refractivity contribution is 5.93. The molecule has 4 heteroatoms. The highest BCUT2D eigenvalue weighted by Crippen LogP contribution is 2.22. The second-order valence-electron chi connectivity index (χ2n) is 3.09. The van der Waals surface area contributed by atoms with E-state index in [2.05, 4.69) is 0 Å². The minimum Gasteiger partial charge on any atom is -0.485 e. The number of carbonyl (C=O) groups is 1. The minimum atomic E-state index is -0.601. The van der Waals surface area contributed by atoms with Gasteiger partial charge in [-0.2, -0.15) is 0 Å². The summed E-state index contributed by atoms with van der Waals surface area (Å²) in [5, 5.41) is 6.81. The molecule has 0 spiro atoms. The van der Waals surface area contributed by atoms with Gasteiger partial charge in [0, 0.05) is 12.3 Å². The monoisotopic (exact) mass is 182 g/mol. The molecule has 72 valence electrons. The number of ether oxygens (including phenoxy) is 1. The third kappa shape index (κ3) is 2.89. The first-order chi connectivity index (χ1) is 6.24. The summed E-state index contributed by atoms with van der Waals surface area (Å²) in [6, 6.07) is 0. The van der Waals surface area contributed by atoms with Crippen molar-refractivity contribution in [1.29, 1.82) is 5.41 Å². The van der Waals surface area contributed by atoms with Gasteiger partial charge < -0.3 is 15.9 Å². The molecule has 0 bridgehead atoms. The van der Waals surface area contributed by atoms with Crippen molar-refractivity contribution in [3.63, 3.8) is 0 Å². The predicted octanol–water partition coefficient (Wildman–Crippen LogP) is 0.964. The third-order valence-corrected chi connectivity index (χ3v) is 2.07. The van der Waals surface area contributed by atoms with Gasteiger partial charge in [0.25, 0.3) is 5.91 Å². The molecule has 1 rings (SSSR count). The Hall–Kier alpha value is -1.32. The Morgan fingerprint density at radius 1 is 1.46 bits per heavy atom. The fraction of sp³-hybridized carbons (Fsp3) is 0.556. The van der Waals surface area contributed by atoms with Crippen molar-refractivity contribution in [3.05, 3.63) is 11.8 Å². The fourth-order valence-corrected chi connectivity index (χ4v) is 1.44. The van der Waals surface area contributed by atoms with Gasteiger partial charge in [0.1, 0.15) is 0 Å². The summed E-state index contributed by atoms with van der Waals surface area (Å²) in [6.07, 6.45) is 6.64. The van der Waals surface area contributed by atoms with Crippen LogP contribution in [0.4, 0.5) is 0 Å². The number of hydrogen-bond acceptors (Lipinski definition) is 3. The zero-order chi connectivity index (χ0) is 9.68. The molecule has 0 aromatic carbocycles. The summed E-state index contributed by atoms with van der Waals surface area (Å²) in [5.41, 5.74) is 5.07. The van der Waals surface area contributed by atoms with Crippen molar-refractivity contribution in [2.75, 3.05) is 0 Å². The number of nitrogens with two attached hydrogens (primary N) is 1. The lowest BCUT2D eigenvalue weighted by molar-refractivity contribution is -0.118. The van der Waals surface area contributed by atoms with Crippen molar-refractivity contribution in [2.45, 2.75) is 31.8 Å². The highest BCUT2D eigenvalue weighted by Gasteiger charge is 2.19. The van der Waals surface area contributed by atoms with E-state index in [0.717, 1.165) is 31.9 Å². The van der Waals surface area contributed by atoms with Gasteiger partial charge in [-0.1, -0.05) is 0 Å². The summed E-state index contributed by atoms with van der Waals surface area (Å²) >= 11 is 0. The van der Waals surface area contributed by atoms with Crippen LogP contribution in [0.3, 0.4) is 0 Å². The van der Waals surface area contributed by atoms with Crippen LogP contribution in [0, 0.1) is 5.41 Å². The Morgan fingerprint density at radius 3 is 2.54 bits per heavy atom. The van der Waals surface area contributed by atoms with Crippen LogP contribution in [0.5, 0.6) is 0 Å². The molecule has 1 fully saturated rings. The number of primary amides is 1. The second kappa shape index (κ2) is 4.64. The summed E-state index contributed by atoms with van der Waals surface area (Å²) < 4.78 is 5.35. The van der Waals surface area contributed by atoms with Crippen molar-refractivity contribution in [1.82, 2.24) is 0 Å². The maximum absolute atomic E-state index is 10.8. The average Bonchev–Trinajstić information content (AvgIpc) is 2.56. The van der Waals surface area contributed by atoms with E-state index in [-0.39, 0.29) is 11.9 Å². The molecule has 0 atom stereocenters. The summed E-state index contributed by atoms with van der Waals surface area (Å²) in [5.74, 6) is -0.502. The largest absolute Gasteiger partial charge is 0.485 e. The van der Waals surface area contributed by atoms with Crippen molar-refractivity contribution in [3.8, 4) is 0 Å². The maximum Gasteiger partial charge on any atom is 0.283 e. The quantitative estimate of drug-likeness (QED) is 0.386. The molecule has 1 saturated carbocycles. The van der Waals surface area contributed by atoms with Gasteiger partial charge >= 0.3 is 0 Å². The van der Waals surface area contributed by atoms with E-state index in [4.69, 9.17) is 15.9 Å². The number of nitrogens with one attached hydrogen (secondary N) is 1. The third-order valence-electron chi connectivity index (χ3n) is 2.07. The van der Waals surface area contributed by atoms with Gasteiger partial charge in [0.15, 0.2) is 5.76 Å². The molecule has 1 aliphatic rings. The molecule has 1 amide bonds. The van der Waals surface area contributed by atoms with Crippen LogP contribution in [0.25, 0.3) is 0 Å². The van der Waals surface area contributed by atoms with Crippen LogP contribution in [-0.2, 0) is 9.53 Å². The van der Waals surface area contributed by atoms with Crippen LogP contribution < -0.4 is 5.73 Å². The molecule has 3 N–H and O–H groups in total. The van der Waals surface area contributed by atoms with Crippen LogP contribution >= 0.6 is 0 Å². The average molecular weight is 182 g/mol. The molecular weight excluding hydrogens is 168 g/mol. The van der Waals surface area contributed by atoms with Crippen molar-refractivity contribution < 1.29 is 9.53 Å². The van der Waals surface area contributed by atoms with Crippen LogP contribution in [0.15, 0.2) is 11.8 Å². The van der Waals surface area contributed by atoms with Gasteiger partial charge in [-0.05, 0) is 25.7 Å². The molecule has 4 nitrogen and oxygen atoms in total. The first-order valence-electron chi connectivity index (χ1n) is 4.41. The Labute approximate surface area is 77.3 Å². The zero-order valence-corrected chi connectivity index (χ0v) is 7.45. The van der Waals surface area contributed by atoms with E-state index < -0.39 is 5.91 Å². The molecule has 0 saturated heterocycles. The molecule has 13 heavy (non-hydrogen) atoms. The normalized spacial score (nSPS) is 18.6. The first-order valence-corrected chi connectivity index (χ1v) is 4.41. The van der Waals surface area contributed by atoms with Gasteiger partial charge in [-0.15, -0.1) is 0 Å². The lowest BCUT2D eigenvalue weighted by Gasteiger charge is -2.12. The van der Waals surface area contributed by atoms with Crippen LogP contribution in [-0.4, -0.2) is 18.2 Å². The van der Waals surface area contributed by atoms with E-state index in [0.29, 0.717) is 0 Å². The number of carbonyl (C=O) groups excluding carboxylic acids is 1. The van der Waals surface area contributed by atoms with Gasteiger partial charge in [0.2, 0.25) is 0 Å². The molecule has 1 aliphatic carbocycles. The van der Waals surface area contributed by atoms with E-state index in [9.17, 15) is 4.79 Å². The van der Waals surface area contributed by atoms with Crippen LogP contribution in [0.1, 0.15) is 25.7 Å². The Bertz CT molecular complexity index is 230. The van der Waals surface area contributed by atoms with Gasteiger partial charge in [-0.25, -0.2) is 0 Å². The second-order valence-corrected chi connectivity index (χ2v) is 3.09. The lowest BCUT2D eigenvalue weighted by atomic mass is 10.3. The molecule has 0 unspecified atom stereocenters. The number of rotatable bonds is 4. The van der Waals surface area contributed by atoms with E-state index in [1.54, 1.807) is 0 Å². The molecule has 0 heterocycles. The summed E-state index contributed by atoms with van der Waals surface area (Å²) in [6.45, 7) is 0. The van der Waals surface area contributed by atoms with E-state index in [1.807, 2.05) is 0 Å². The molecule has 0 radical (unpaired) electrons. The Morgan fingerprint density at radius 2 is 2.08 bits per heavy atom. The minimum absolute atomic E-state index is 0.0990. The first kappa shape index (κ1) is 9.77. The topological polar surface area (TPSA) is 76.2 Å². The number of hydrogen-bond donors (Lipinski definition) is 2. The smallest absolute Gasteiger partial charge is 0.283 e. The molecule has 0 aromatic rings. The molecule has 0 aliphatic heterocycles. The van der Waals surface area contributed by atoms with E-state index >= 15 is 0 Å². The fourth-order valence-electron chi connectivity index (χ4n) is 1.44.